The molecule has 1 saturated carbocycles. The van der Waals surface area contributed by atoms with Gasteiger partial charge in [-0.15, -0.1) is 0 Å². The molecule has 3 unspecified atom stereocenters. The molecule has 15 heavy (non-hydrogen) atoms. The molecule has 3 atom stereocenters. The van der Waals surface area contributed by atoms with Crippen molar-refractivity contribution in [2.45, 2.75) is 18.8 Å². The van der Waals surface area contributed by atoms with Gasteiger partial charge in [0, 0.05) is 16.9 Å². The fourth-order valence-corrected chi connectivity index (χ4v) is 3.18. The minimum Gasteiger partial charge on any atom is -0.493 e. The summed E-state index contributed by atoms with van der Waals surface area (Å²) in [4.78, 5) is 0. The van der Waals surface area contributed by atoms with Crippen LogP contribution in [0.15, 0.2) is 24.3 Å². The van der Waals surface area contributed by atoms with E-state index in [0.29, 0.717) is 17.3 Å². The highest BCUT2D eigenvalue weighted by Crippen LogP contribution is 2.62. The summed E-state index contributed by atoms with van der Waals surface area (Å²) in [6, 6.07) is 8.44. The topological polar surface area (TPSA) is 35.2 Å². The molecule has 1 aliphatic carbocycles. The molecule has 0 radical (unpaired) electrons. The molecule has 1 fully saturated rings. The minimum atomic E-state index is 0.337. The Morgan fingerprint density at radius 1 is 1.47 bits per heavy atom. The number of benzene rings is 1. The zero-order chi connectivity index (χ0) is 10.5. The highest BCUT2D eigenvalue weighted by Gasteiger charge is 2.60. The quantitative estimate of drug-likeness (QED) is 0.757. The third-order valence-corrected chi connectivity index (χ3v) is 4.19. The fraction of sp³-hybridized carbons (Fsp3) is 0.538. The molecule has 1 heterocycles. The van der Waals surface area contributed by atoms with Gasteiger partial charge in [0.15, 0.2) is 0 Å². The molecule has 80 valence electrons. The van der Waals surface area contributed by atoms with Gasteiger partial charge in [0.1, 0.15) is 5.75 Å². The number of fused-ring (bicyclic) bond motifs is 2. The van der Waals surface area contributed by atoms with Crippen LogP contribution in [0, 0.1) is 11.8 Å². The first-order valence-corrected chi connectivity index (χ1v) is 5.71. The van der Waals surface area contributed by atoms with Gasteiger partial charge in [-0.3, -0.25) is 0 Å². The van der Waals surface area contributed by atoms with Gasteiger partial charge in [-0.2, -0.15) is 0 Å². The van der Waals surface area contributed by atoms with E-state index >= 15 is 0 Å². The molecular weight excluding hydrogens is 186 g/mol. The monoisotopic (exact) mass is 203 g/mol. The van der Waals surface area contributed by atoms with E-state index in [4.69, 9.17) is 10.5 Å². The van der Waals surface area contributed by atoms with Crippen LogP contribution in [0.2, 0.25) is 0 Å². The molecule has 2 aliphatic rings. The number of para-hydroxylation sites is 1. The number of nitrogens with two attached hydrogens (primary N) is 1. The van der Waals surface area contributed by atoms with E-state index in [0.717, 1.165) is 18.9 Å². The van der Waals surface area contributed by atoms with Crippen molar-refractivity contribution in [1.29, 1.82) is 0 Å². The van der Waals surface area contributed by atoms with E-state index in [1.165, 1.54) is 12.0 Å². The van der Waals surface area contributed by atoms with Crippen LogP contribution in [0.3, 0.4) is 0 Å². The predicted octanol–water partition coefficient (Wildman–Crippen LogP) is 1.93. The SMILES string of the molecule is CC1COc2ccccc2C12CC2CN. The second-order valence-corrected chi connectivity index (χ2v) is 4.89. The van der Waals surface area contributed by atoms with Crippen molar-refractivity contribution in [2.75, 3.05) is 13.2 Å². The Kier molecular flexibility index (Phi) is 1.84. The Balaban J connectivity index is 2.08. The lowest BCUT2D eigenvalue weighted by atomic mass is 9.80. The van der Waals surface area contributed by atoms with Crippen LogP contribution >= 0.6 is 0 Å². The zero-order valence-electron chi connectivity index (χ0n) is 9.07. The molecule has 0 aromatic heterocycles. The molecule has 1 spiro atoms. The predicted molar refractivity (Wildman–Crippen MR) is 59.9 cm³/mol. The summed E-state index contributed by atoms with van der Waals surface area (Å²) in [5, 5.41) is 0. The number of rotatable bonds is 1. The van der Waals surface area contributed by atoms with Crippen LogP contribution in [0.25, 0.3) is 0 Å². The van der Waals surface area contributed by atoms with Crippen molar-refractivity contribution in [3.63, 3.8) is 0 Å². The molecule has 0 saturated heterocycles. The number of ether oxygens (including phenoxy) is 1. The van der Waals surface area contributed by atoms with Crippen LogP contribution in [-0.4, -0.2) is 13.2 Å². The minimum absolute atomic E-state index is 0.337. The first kappa shape index (κ1) is 9.22. The van der Waals surface area contributed by atoms with E-state index in [1.807, 2.05) is 6.07 Å². The Bertz CT molecular complexity index is 390. The summed E-state index contributed by atoms with van der Waals surface area (Å²) < 4.78 is 5.76. The maximum Gasteiger partial charge on any atom is 0.123 e. The van der Waals surface area contributed by atoms with E-state index in [2.05, 4.69) is 25.1 Å². The third kappa shape index (κ3) is 1.08. The maximum atomic E-state index is 5.82. The smallest absolute Gasteiger partial charge is 0.123 e. The summed E-state index contributed by atoms with van der Waals surface area (Å²) in [6.45, 7) is 3.93. The first-order valence-electron chi connectivity index (χ1n) is 5.71. The summed E-state index contributed by atoms with van der Waals surface area (Å²) in [7, 11) is 0. The number of hydrogen-bond acceptors (Lipinski definition) is 2. The molecule has 1 aromatic rings. The average Bonchev–Trinajstić information content (AvgIpc) is 3.00. The highest BCUT2D eigenvalue weighted by atomic mass is 16.5. The van der Waals surface area contributed by atoms with E-state index in [-0.39, 0.29) is 0 Å². The molecule has 2 N–H and O–H groups in total. The molecular formula is C13H17NO. The van der Waals surface area contributed by atoms with Crippen molar-refractivity contribution < 1.29 is 4.74 Å². The summed E-state index contributed by atoms with van der Waals surface area (Å²) in [5.41, 5.74) is 7.54. The van der Waals surface area contributed by atoms with Gasteiger partial charge in [0.2, 0.25) is 0 Å². The van der Waals surface area contributed by atoms with Gasteiger partial charge >= 0.3 is 0 Å². The Labute approximate surface area is 90.4 Å². The number of hydrogen-bond donors (Lipinski definition) is 1. The highest BCUT2D eigenvalue weighted by molar-refractivity contribution is 5.47. The maximum absolute atomic E-state index is 5.82. The molecule has 1 aliphatic heterocycles. The average molecular weight is 203 g/mol. The molecule has 0 amide bonds. The van der Waals surface area contributed by atoms with Crippen LogP contribution in [0.4, 0.5) is 0 Å². The Morgan fingerprint density at radius 3 is 3.00 bits per heavy atom. The molecule has 0 bridgehead atoms. The van der Waals surface area contributed by atoms with Crippen molar-refractivity contribution in [3.8, 4) is 5.75 Å². The van der Waals surface area contributed by atoms with Gasteiger partial charge in [0.05, 0.1) is 6.61 Å². The van der Waals surface area contributed by atoms with Crippen molar-refractivity contribution in [2.24, 2.45) is 17.6 Å². The largest absolute Gasteiger partial charge is 0.493 e. The lowest BCUT2D eigenvalue weighted by Gasteiger charge is -2.32. The molecule has 2 heteroatoms. The van der Waals surface area contributed by atoms with Gasteiger partial charge in [-0.05, 0) is 24.9 Å². The Morgan fingerprint density at radius 2 is 2.27 bits per heavy atom. The van der Waals surface area contributed by atoms with Crippen LogP contribution in [-0.2, 0) is 5.41 Å². The zero-order valence-corrected chi connectivity index (χ0v) is 9.07. The molecule has 2 nitrogen and oxygen atoms in total. The molecule has 1 aromatic carbocycles. The van der Waals surface area contributed by atoms with Gasteiger partial charge in [-0.25, -0.2) is 0 Å². The summed E-state index contributed by atoms with van der Waals surface area (Å²) in [6.07, 6.45) is 1.24. The van der Waals surface area contributed by atoms with Crippen LogP contribution in [0.1, 0.15) is 18.9 Å². The lowest BCUT2D eigenvalue weighted by molar-refractivity contribution is 0.187. The second-order valence-electron chi connectivity index (χ2n) is 4.89. The third-order valence-electron chi connectivity index (χ3n) is 4.19. The first-order chi connectivity index (χ1) is 7.29. The fourth-order valence-electron chi connectivity index (χ4n) is 3.18. The van der Waals surface area contributed by atoms with Crippen LogP contribution in [0.5, 0.6) is 5.75 Å². The van der Waals surface area contributed by atoms with Gasteiger partial charge in [-0.1, -0.05) is 25.1 Å². The van der Waals surface area contributed by atoms with E-state index in [1.54, 1.807) is 0 Å². The second kappa shape index (κ2) is 2.99. The summed E-state index contributed by atoms with van der Waals surface area (Å²) in [5.74, 6) is 2.34. The van der Waals surface area contributed by atoms with Crippen molar-refractivity contribution in [3.05, 3.63) is 29.8 Å². The lowest BCUT2D eigenvalue weighted by Crippen LogP contribution is -2.32. The van der Waals surface area contributed by atoms with Crippen LogP contribution < -0.4 is 10.5 Å². The van der Waals surface area contributed by atoms with Gasteiger partial charge < -0.3 is 10.5 Å². The Hall–Kier alpha value is -1.02. The standard InChI is InChI=1S/C13H17NO/c1-9-8-15-12-5-3-2-4-11(12)13(9)6-10(13)7-14/h2-5,9-10H,6-8,14H2,1H3. The normalized spacial score (nSPS) is 37.2. The van der Waals surface area contributed by atoms with Gasteiger partial charge in [0.25, 0.3) is 0 Å². The van der Waals surface area contributed by atoms with Crippen molar-refractivity contribution >= 4 is 0 Å². The molecule has 3 rings (SSSR count). The van der Waals surface area contributed by atoms with E-state index < -0.39 is 0 Å². The van der Waals surface area contributed by atoms with E-state index in [9.17, 15) is 0 Å². The summed E-state index contributed by atoms with van der Waals surface area (Å²) >= 11 is 0. The van der Waals surface area contributed by atoms with Crippen molar-refractivity contribution in [1.82, 2.24) is 0 Å².